The highest BCUT2D eigenvalue weighted by atomic mass is 32.2. The number of methoxy groups -OCH3 is 1. The summed E-state index contributed by atoms with van der Waals surface area (Å²) >= 11 is 1.61. The van der Waals surface area contributed by atoms with Crippen LogP contribution >= 0.6 is 11.8 Å². The Morgan fingerprint density at radius 3 is 2.54 bits per heavy atom. The fraction of sp³-hybridized carbons (Fsp3) is 0.350. The summed E-state index contributed by atoms with van der Waals surface area (Å²) in [5, 5.41) is 0.810. The first-order valence-electron chi connectivity index (χ1n) is 9.04. The van der Waals surface area contributed by atoms with E-state index < -0.39 is 9.84 Å². The van der Waals surface area contributed by atoms with Gasteiger partial charge in [-0.2, -0.15) is 0 Å². The molecule has 0 aromatic heterocycles. The highest BCUT2D eigenvalue weighted by molar-refractivity contribution is 8.14. The standard InChI is InChI=1S/C20H21FN2O3S2/c1-26-17-8-2-14(3-9-17)10-11-27-20-22-18-12-28(24,25)13-19(18)23(20)16-6-4-15(21)5-7-16/h2-9,18-19H,10-13H2,1H3/t18-,19-/m0/s1. The lowest BCUT2D eigenvalue weighted by atomic mass is 10.1. The Balaban J connectivity index is 1.49. The van der Waals surface area contributed by atoms with Gasteiger partial charge in [0, 0.05) is 11.4 Å². The van der Waals surface area contributed by atoms with Gasteiger partial charge in [0.15, 0.2) is 15.0 Å². The van der Waals surface area contributed by atoms with Gasteiger partial charge in [0.1, 0.15) is 11.6 Å². The van der Waals surface area contributed by atoms with Crippen LogP contribution in [0.25, 0.3) is 0 Å². The Labute approximate surface area is 168 Å². The molecule has 0 unspecified atom stereocenters. The van der Waals surface area contributed by atoms with Crippen LogP contribution in [0.2, 0.25) is 0 Å². The van der Waals surface area contributed by atoms with Crippen LogP contribution in [0.3, 0.4) is 0 Å². The minimum absolute atomic E-state index is 0.0813. The van der Waals surface area contributed by atoms with Crippen molar-refractivity contribution in [3.8, 4) is 5.75 Å². The number of thioether (sulfide) groups is 1. The van der Waals surface area contributed by atoms with Crippen LogP contribution in [0, 0.1) is 5.82 Å². The van der Waals surface area contributed by atoms with Crippen LogP contribution in [0.5, 0.6) is 5.75 Å². The highest BCUT2D eigenvalue weighted by Crippen LogP contribution is 2.35. The number of hydrogen-bond donors (Lipinski definition) is 0. The Hall–Kier alpha value is -2.06. The van der Waals surface area contributed by atoms with Crippen LogP contribution in [-0.4, -0.2) is 50.0 Å². The number of nitrogens with zero attached hydrogens (tertiary/aromatic N) is 2. The van der Waals surface area contributed by atoms with Crippen molar-refractivity contribution in [3.63, 3.8) is 0 Å². The average molecular weight is 421 g/mol. The van der Waals surface area contributed by atoms with Crippen molar-refractivity contribution in [2.75, 3.05) is 29.3 Å². The summed E-state index contributed by atoms with van der Waals surface area (Å²) in [6.07, 6.45) is 0.860. The zero-order chi connectivity index (χ0) is 19.7. The molecule has 148 valence electrons. The molecule has 2 aromatic rings. The topological polar surface area (TPSA) is 59.0 Å². The maximum Gasteiger partial charge on any atom is 0.164 e. The third-order valence-corrected chi connectivity index (χ3v) is 7.66. The third-order valence-electron chi connectivity index (χ3n) is 4.99. The largest absolute Gasteiger partial charge is 0.497 e. The van der Waals surface area contributed by atoms with E-state index >= 15 is 0 Å². The molecule has 2 aliphatic heterocycles. The lowest BCUT2D eigenvalue weighted by molar-refractivity contribution is 0.414. The predicted molar refractivity (Wildman–Crippen MR) is 112 cm³/mol. The lowest BCUT2D eigenvalue weighted by Crippen LogP contribution is -2.39. The van der Waals surface area contributed by atoms with Gasteiger partial charge in [0.05, 0.1) is 30.7 Å². The lowest BCUT2D eigenvalue weighted by Gasteiger charge is -2.26. The summed E-state index contributed by atoms with van der Waals surface area (Å²) in [6.45, 7) is 0. The normalized spacial score (nSPS) is 22.8. The van der Waals surface area contributed by atoms with Gasteiger partial charge in [0.25, 0.3) is 0 Å². The Morgan fingerprint density at radius 2 is 1.86 bits per heavy atom. The first-order chi connectivity index (χ1) is 13.4. The number of sulfone groups is 1. The molecule has 0 bridgehead atoms. The van der Waals surface area contributed by atoms with Gasteiger partial charge in [-0.05, 0) is 48.4 Å². The summed E-state index contributed by atoms with van der Waals surface area (Å²) in [5.41, 5.74) is 1.98. The summed E-state index contributed by atoms with van der Waals surface area (Å²) in [4.78, 5) is 6.66. The fourth-order valence-corrected chi connectivity index (χ4v) is 6.54. The van der Waals surface area contributed by atoms with Crippen molar-refractivity contribution in [2.45, 2.75) is 18.5 Å². The number of ether oxygens (including phenoxy) is 1. The number of hydrogen-bond acceptors (Lipinski definition) is 6. The van der Waals surface area contributed by atoms with E-state index in [4.69, 9.17) is 9.73 Å². The zero-order valence-corrected chi connectivity index (χ0v) is 17.0. The van der Waals surface area contributed by atoms with Crippen LogP contribution in [0.1, 0.15) is 5.56 Å². The van der Waals surface area contributed by atoms with Crippen molar-refractivity contribution in [2.24, 2.45) is 4.99 Å². The first kappa shape index (κ1) is 19.3. The number of aliphatic imine (C=N–C) groups is 1. The number of aryl methyl sites for hydroxylation is 1. The van der Waals surface area contributed by atoms with Gasteiger partial charge >= 0.3 is 0 Å². The van der Waals surface area contributed by atoms with E-state index in [1.54, 1.807) is 31.0 Å². The Morgan fingerprint density at radius 1 is 1.14 bits per heavy atom. The molecule has 2 heterocycles. The molecule has 2 atom stereocenters. The molecule has 0 N–H and O–H groups in total. The van der Waals surface area contributed by atoms with Crippen molar-refractivity contribution < 1.29 is 17.5 Å². The molecule has 28 heavy (non-hydrogen) atoms. The summed E-state index contributed by atoms with van der Waals surface area (Å²) < 4.78 is 42.6. The van der Waals surface area contributed by atoms with Gasteiger partial charge in [-0.3, -0.25) is 4.99 Å². The minimum Gasteiger partial charge on any atom is -0.497 e. The molecular weight excluding hydrogens is 399 g/mol. The maximum absolute atomic E-state index is 13.3. The second-order valence-electron chi connectivity index (χ2n) is 6.92. The van der Waals surface area contributed by atoms with Crippen molar-refractivity contribution >= 4 is 32.5 Å². The molecule has 8 heteroatoms. The monoisotopic (exact) mass is 420 g/mol. The van der Waals surface area contributed by atoms with Crippen LogP contribution in [0.15, 0.2) is 53.5 Å². The number of halogens is 1. The molecule has 2 aromatic carbocycles. The van der Waals surface area contributed by atoms with Crippen molar-refractivity contribution in [1.82, 2.24) is 0 Å². The quantitative estimate of drug-likeness (QED) is 0.744. The van der Waals surface area contributed by atoms with Crippen molar-refractivity contribution in [3.05, 3.63) is 59.9 Å². The second-order valence-corrected chi connectivity index (χ2v) is 10.1. The van der Waals surface area contributed by atoms with E-state index in [1.807, 2.05) is 29.2 Å². The number of anilines is 1. The molecule has 0 radical (unpaired) electrons. The smallest absolute Gasteiger partial charge is 0.164 e. The molecule has 0 spiro atoms. The van der Waals surface area contributed by atoms with Gasteiger partial charge < -0.3 is 9.64 Å². The maximum atomic E-state index is 13.3. The van der Waals surface area contributed by atoms with E-state index in [-0.39, 0.29) is 29.4 Å². The number of fused-ring (bicyclic) bond motifs is 1. The summed E-state index contributed by atoms with van der Waals surface area (Å²) in [6, 6.07) is 13.6. The highest BCUT2D eigenvalue weighted by Gasteiger charge is 2.47. The minimum atomic E-state index is -3.09. The van der Waals surface area contributed by atoms with E-state index in [9.17, 15) is 12.8 Å². The third kappa shape index (κ3) is 4.03. The molecule has 1 saturated heterocycles. The van der Waals surface area contributed by atoms with Gasteiger partial charge in [-0.25, -0.2) is 12.8 Å². The molecule has 2 aliphatic rings. The fourth-order valence-electron chi connectivity index (χ4n) is 3.59. The molecule has 0 aliphatic carbocycles. The van der Waals surface area contributed by atoms with E-state index in [0.717, 1.165) is 28.8 Å². The number of amidine groups is 1. The van der Waals surface area contributed by atoms with Crippen LogP contribution < -0.4 is 9.64 Å². The SMILES string of the molecule is COc1ccc(CCSC2=N[C@H]3CS(=O)(=O)C[C@@H]3N2c2ccc(F)cc2)cc1. The average Bonchev–Trinajstić information content (AvgIpc) is 3.14. The predicted octanol–water partition coefficient (Wildman–Crippen LogP) is 3.15. The van der Waals surface area contributed by atoms with E-state index in [1.165, 1.54) is 17.7 Å². The summed E-state index contributed by atoms with van der Waals surface area (Å²) in [5.74, 6) is 1.49. The second kappa shape index (κ2) is 7.75. The molecule has 1 fully saturated rings. The van der Waals surface area contributed by atoms with Crippen molar-refractivity contribution in [1.29, 1.82) is 0 Å². The number of rotatable bonds is 5. The Bertz CT molecular complexity index is 976. The van der Waals surface area contributed by atoms with Crippen LogP contribution in [-0.2, 0) is 16.3 Å². The molecule has 5 nitrogen and oxygen atoms in total. The van der Waals surface area contributed by atoms with Gasteiger partial charge in [0.2, 0.25) is 0 Å². The Kier molecular flexibility index (Phi) is 5.33. The van der Waals surface area contributed by atoms with Gasteiger partial charge in [-0.1, -0.05) is 23.9 Å². The first-order valence-corrected chi connectivity index (χ1v) is 11.8. The molecular formula is C20H21FN2O3S2. The van der Waals surface area contributed by atoms with E-state index in [0.29, 0.717) is 0 Å². The van der Waals surface area contributed by atoms with Crippen LogP contribution in [0.4, 0.5) is 10.1 Å². The molecule has 0 amide bonds. The van der Waals surface area contributed by atoms with E-state index in [2.05, 4.69) is 0 Å². The summed E-state index contributed by atoms with van der Waals surface area (Å²) in [7, 11) is -1.45. The number of benzene rings is 2. The molecule has 4 rings (SSSR count). The van der Waals surface area contributed by atoms with Gasteiger partial charge in [-0.15, -0.1) is 0 Å². The zero-order valence-electron chi connectivity index (χ0n) is 15.4. The molecule has 0 saturated carbocycles.